The third-order valence-corrected chi connectivity index (χ3v) is 2.13. The van der Waals surface area contributed by atoms with E-state index in [4.69, 9.17) is 16.0 Å². The Bertz CT molecular complexity index is 445. The highest BCUT2D eigenvalue weighted by molar-refractivity contribution is 6.28. The van der Waals surface area contributed by atoms with Crippen molar-refractivity contribution in [1.82, 2.24) is 9.97 Å². The molecule has 2 rings (SSSR count). The van der Waals surface area contributed by atoms with Crippen LogP contribution in [0.3, 0.4) is 0 Å². The van der Waals surface area contributed by atoms with Crippen LogP contribution in [0.25, 0.3) is 11.3 Å². The Labute approximate surface area is 86.8 Å². The Morgan fingerprint density at radius 3 is 2.64 bits per heavy atom. The lowest BCUT2D eigenvalue weighted by Crippen LogP contribution is -1.90. The molecule has 0 bridgehead atoms. The minimum absolute atomic E-state index is 0.264. The van der Waals surface area contributed by atoms with Crippen LogP contribution in [0, 0.1) is 13.8 Å². The number of nitrogens with zero attached hydrogens (tertiary/aromatic N) is 2. The van der Waals surface area contributed by atoms with Crippen molar-refractivity contribution in [3.05, 3.63) is 35.1 Å². The van der Waals surface area contributed by atoms with Crippen molar-refractivity contribution in [2.24, 2.45) is 0 Å². The quantitative estimate of drug-likeness (QED) is 0.677. The summed E-state index contributed by atoms with van der Waals surface area (Å²) in [5.41, 5.74) is 2.60. The minimum atomic E-state index is 0.264. The van der Waals surface area contributed by atoms with Gasteiger partial charge < -0.3 is 4.42 Å². The Hall–Kier alpha value is -1.35. The standard InChI is InChI=1S/C10H9ClN2O/c1-6-5-9(13-10(11)12-6)8-3-4-14-7(8)2/h3-5H,1-2H3. The molecule has 4 heteroatoms. The van der Waals surface area contributed by atoms with E-state index in [2.05, 4.69) is 9.97 Å². The van der Waals surface area contributed by atoms with Gasteiger partial charge in [0.1, 0.15) is 5.76 Å². The van der Waals surface area contributed by atoms with E-state index in [0.717, 1.165) is 22.7 Å². The molecule has 2 aromatic heterocycles. The van der Waals surface area contributed by atoms with Gasteiger partial charge in [0.2, 0.25) is 5.28 Å². The van der Waals surface area contributed by atoms with Crippen LogP contribution in [0.2, 0.25) is 5.28 Å². The lowest BCUT2D eigenvalue weighted by Gasteiger charge is -2.00. The second kappa shape index (κ2) is 3.42. The van der Waals surface area contributed by atoms with E-state index >= 15 is 0 Å². The third kappa shape index (κ3) is 1.63. The number of aryl methyl sites for hydroxylation is 2. The first kappa shape index (κ1) is 9.21. The average Bonchev–Trinajstić information content (AvgIpc) is 2.49. The van der Waals surface area contributed by atoms with Crippen LogP contribution in [0.15, 0.2) is 22.8 Å². The first-order valence-electron chi connectivity index (χ1n) is 4.22. The second-order valence-corrected chi connectivity index (χ2v) is 3.39. The molecule has 0 fully saturated rings. The molecule has 0 saturated carbocycles. The molecule has 0 atom stereocenters. The van der Waals surface area contributed by atoms with Crippen LogP contribution in [0.1, 0.15) is 11.5 Å². The summed E-state index contributed by atoms with van der Waals surface area (Å²) in [6.45, 7) is 3.77. The van der Waals surface area contributed by atoms with Crippen molar-refractivity contribution in [2.45, 2.75) is 13.8 Å². The fraction of sp³-hybridized carbons (Fsp3) is 0.200. The summed E-state index contributed by atoms with van der Waals surface area (Å²) in [6, 6.07) is 3.75. The molecule has 2 heterocycles. The van der Waals surface area contributed by atoms with Crippen LogP contribution in [0.5, 0.6) is 0 Å². The Kier molecular flexibility index (Phi) is 2.25. The number of aromatic nitrogens is 2. The van der Waals surface area contributed by atoms with E-state index in [1.54, 1.807) is 6.26 Å². The monoisotopic (exact) mass is 208 g/mol. The van der Waals surface area contributed by atoms with Crippen LogP contribution in [-0.2, 0) is 0 Å². The van der Waals surface area contributed by atoms with Crippen molar-refractivity contribution in [2.75, 3.05) is 0 Å². The molecule has 0 aliphatic rings. The molecule has 0 aliphatic carbocycles. The Morgan fingerprint density at radius 1 is 1.29 bits per heavy atom. The van der Waals surface area contributed by atoms with Crippen molar-refractivity contribution in [3.63, 3.8) is 0 Å². The van der Waals surface area contributed by atoms with Crippen LogP contribution < -0.4 is 0 Å². The maximum Gasteiger partial charge on any atom is 0.223 e. The maximum atomic E-state index is 5.77. The molecule has 0 spiro atoms. The van der Waals surface area contributed by atoms with Gasteiger partial charge in [-0.2, -0.15) is 0 Å². The molecular weight excluding hydrogens is 200 g/mol. The zero-order chi connectivity index (χ0) is 10.1. The topological polar surface area (TPSA) is 38.9 Å². The maximum absolute atomic E-state index is 5.77. The predicted octanol–water partition coefficient (Wildman–Crippen LogP) is 3.01. The molecule has 0 amide bonds. The lowest BCUT2D eigenvalue weighted by atomic mass is 10.2. The highest BCUT2D eigenvalue weighted by Gasteiger charge is 2.07. The van der Waals surface area contributed by atoms with Gasteiger partial charge in [0, 0.05) is 11.3 Å². The summed E-state index contributed by atoms with van der Waals surface area (Å²) in [5, 5.41) is 0.264. The second-order valence-electron chi connectivity index (χ2n) is 3.05. The van der Waals surface area contributed by atoms with E-state index in [9.17, 15) is 0 Å². The fourth-order valence-electron chi connectivity index (χ4n) is 1.32. The smallest absolute Gasteiger partial charge is 0.223 e. The summed E-state index contributed by atoms with van der Waals surface area (Å²) >= 11 is 5.77. The highest BCUT2D eigenvalue weighted by atomic mass is 35.5. The van der Waals surface area contributed by atoms with Gasteiger partial charge in [-0.25, -0.2) is 9.97 Å². The third-order valence-electron chi connectivity index (χ3n) is 1.96. The van der Waals surface area contributed by atoms with Gasteiger partial charge >= 0.3 is 0 Å². The summed E-state index contributed by atoms with van der Waals surface area (Å²) in [5.74, 6) is 0.833. The van der Waals surface area contributed by atoms with E-state index < -0.39 is 0 Å². The molecule has 0 aromatic carbocycles. The minimum Gasteiger partial charge on any atom is -0.469 e. The van der Waals surface area contributed by atoms with Gasteiger partial charge in [0.05, 0.1) is 12.0 Å². The average molecular weight is 209 g/mol. The molecule has 0 unspecified atom stereocenters. The summed E-state index contributed by atoms with van der Waals surface area (Å²) in [6.07, 6.45) is 1.63. The van der Waals surface area contributed by atoms with Crippen LogP contribution in [0.4, 0.5) is 0 Å². The number of halogens is 1. The van der Waals surface area contributed by atoms with E-state index in [1.165, 1.54) is 0 Å². The van der Waals surface area contributed by atoms with E-state index in [-0.39, 0.29) is 5.28 Å². The van der Waals surface area contributed by atoms with Crippen molar-refractivity contribution >= 4 is 11.6 Å². The number of hydrogen-bond acceptors (Lipinski definition) is 3. The first-order valence-corrected chi connectivity index (χ1v) is 4.60. The summed E-state index contributed by atoms with van der Waals surface area (Å²) in [4.78, 5) is 8.13. The first-order chi connectivity index (χ1) is 6.66. The zero-order valence-corrected chi connectivity index (χ0v) is 8.67. The van der Waals surface area contributed by atoms with Gasteiger partial charge in [-0.15, -0.1) is 0 Å². The summed E-state index contributed by atoms with van der Waals surface area (Å²) in [7, 11) is 0. The predicted molar refractivity (Wildman–Crippen MR) is 54.2 cm³/mol. The van der Waals surface area contributed by atoms with Crippen molar-refractivity contribution < 1.29 is 4.42 Å². The van der Waals surface area contributed by atoms with Crippen LogP contribution >= 0.6 is 11.6 Å². The fourth-order valence-corrected chi connectivity index (χ4v) is 1.55. The van der Waals surface area contributed by atoms with Crippen LogP contribution in [-0.4, -0.2) is 9.97 Å². The van der Waals surface area contributed by atoms with Crippen molar-refractivity contribution in [3.8, 4) is 11.3 Å². The van der Waals surface area contributed by atoms with Gasteiger partial charge in [-0.05, 0) is 37.6 Å². The molecular formula is C10H9ClN2O. The SMILES string of the molecule is Cc1cc(-c2ccoc2C)nc(Cl)n1. The summed E-state index contributed by atoms with van der Waals surface area (Å²) < 4.78 is 5.20. The van der Waals surface area contributed by atoms with Gasteiger partial charge in [-0.1, -0.05) is 0 Å². The van der Waals surface area contributed by atoms with E-state index in [0.29, 0.717) is 0 Å². The number of furan rings is 1. The lowest BCUT2D eigenvalue weighted by molar-refractivity contribution is 0.535. The van der Waals surface area contributed by atoms with Gasteiger partial charge in [0.25, 0.3) is 0 Å². The number of rotatable bonds is 1. The molecule has 14 heavy (non-hydrogen) atoms. The largest absolute Gasteiger partial charge is 0.469 e. The molecule has 2 aromatic rings. The number of hydrogen-bond donors (Lipinski definition) is 0. The molecule has 3 nitrogen and oxygen atoms in total. The van der Waals surface area contributed by atoms with E-state index in [1.807, 2.05) is 26.0 Å². The highest BCUT2D eigenvalue weighted by Crippen LogP contribution is 2.23. The Morgan fingerprint density at radius 2 is 2.07 bits per heavy atom. The zero-order valence-electron chi connectivity index (χ0n) is 7.91. The molecule has 0 aliphatic heterocycles. The van der Waals surface area contributed by atoms with Gasteiger partial charge in [0.15, 0.2) is 0 Å². The normalized spacial score (nSPS) is 10.5. The Balaban J connectivity index is 2.57. The molecule has 0 N–H and O–H groups in total. The molecule has 0 saturated heterocycles. The van der Waals surface area contributed by atoms with Crippen molar-refractivity contribution in [1.29, 1.82) is 0 Å². The molecule has 0 radical (unpaired) electrons. The molecule has 72 valence electrons. The van der Waals surface area contributed by atoms with Gasteiger partial charge in [-0.3, -0.25) is 0 Å².